The van der Waals surface area contributed by atoms with E-state index in [1.165, 1.54) is 18.2 Å². The van der Waals surface area contributed by atoms with E-state index in [2.05, 4.69) is 4.99 Å². The van der Waals surface area contributed by atoms with Crippen molar-refractivity contribution in [2.45, 2.75) is 0 Å². The molecule has 0 unspecified atom stereocenters. The van der Waals surface area contributed by atoms with Gasteiger partial charge in [-0.3, -0.25) is 4.99 Å². The van der Waals surface area contributed by atoms with Crippen LogP contribution in [0.1, 0.15) is 5.56 Å². The van der Waals surface area contributed by atoms with Crippen LogP contribution in [0.4, 0.5) is 23.2 Å². The molecular formula is C13H7F4N. The summed E-state index contributed by atoms with van der Waals surface area (Å²) in [7, 11) is 0. The number of para-hydroxylation sites is 1. The first kappa shape index (κ1) is 12.3. The van der Waals surface area contributed by atoms with Crippen LogP contribution in [0.5, 0.6) is 0 Å². The molecular weight excluding hydrogens is 246 g/mol. The molecule has 5 heteroatoms. The summed E-state index contributed by atoms with van der Waals surface area (Å²) < 4.78 is 52.0. The Kier molecular flexibility index (Phi) is 3.41. The largest absolute Gasteiger partial charge is 0.253 e. The van der Waals surface area contributed by atoms with Crippen LogP contribution in [0.2, 0.25) is 0 Å². The zero-order chi connectivity index (χ0) is 13.1. The molecule has 2 aromatic carbocycles. The molecule has 0 aliphatic carbocycles. The van der Waals surface area contributed by atoms with Gasteiger partial charge in [0.2, 0.25) is 0 Å². The first-order valence-corrected chi connectivity index (χ1v) is 5.01. The lowest BCUT2D eigenvalue weighted by atomic mass is 10.2. The minimum atomic E-state index is -1.58. The summed E-state index contributed by atoms with van der Waals surface area (Å²) in [5.41, 5.74) is -0.265. The van der Waals surface area contributed by atoms with E-state index in [0.29, 0.717) is 0 Å². The molecule has 0 heterocycles. The minimum Gasteiger partial charge on any atom is -0.253 e. The molecule has 0 N–H and O–H groups in total. The summed E-state index contributed by atoms with van der Waals surface area (Å²) >= 11 is 0. The zero-order valence-electron chi connectivity index (χ0n) is 9.00. The fraction of sp³-hybridized carbons (Fsp3) is 0. The first-order valence-electron chi connectivity index (χ1n) is 5.01. The van der Waals surface area contributed by atoms with Gasteiger partial charge in [-0.25, -0.2) is 17.6 Å². The summed E-state index contributed by atoms with van der Waals surface area (Å²) in [5, 5.41) is 0. The molecule has 0 bridgehead atoms. The standard InChI is InChI=1S/C13H7F4N/c14-9-3-1-2-4-11(9)18-7-8-5-6-10(15)13(17)12(8)16/h1-7H/b18-7+. The number of rotatable bonds is 2. The van der Waals surface area contributed by atoms with Crippen LogP contribution in [0, 0.1) is 23.3 Å². The van der Waals surface area contributed by atoms with Gasteiger partial charge in [0.1, 0.15) is 5.82 Å². The Morgan fingerprint density at radius 2 is 1.50 bits per heavy atom. The number of aliphatic imine (C=N–C) groups is 1. The van der Waals surface area contributed by atoms with Crippen molar-refractivity contribution in [3.05, 3.63) is 65.2 Å². The number of hydrogen-bond donors (Lipinski definition) is 0. The van der Waals surface area contributed by atoms with Crippen LogP contribution in [-0.2, 0) is 0 Å². The lowest BCUT2D eigenvalue weighted by molar-refractivity contribution is 0.446. The summed E-state index contributed by atoms with van der Waals surface area (Å²) in [5.74, 6) is -4.80. The van der Waals surface area contributed by atoms with E-state index in [1.807, 2.05) is 0 Å². The highest BCUT2D eigenvalue weighted by molar-refractivity contribution is 5.82. The van der Waals surface area contributed by atoms with Gasteiger partial charge in [0, 0.05) is 11.8 Å². The second-order valence-corrected chi connectivity index (χ2v) is 3.47. The van der Waals surface area contributed by atoms with Crippen molar-refractivity contribution in [3.63, 3.8) is 0 Å². The molecule has 0 aliphatic heterocycles. The van der Waals surface area contributed by atoms with Gasteiger partial charge in [0.05, 0.1) is 5.69 Å². The van der Waals surface area contributed by atoms with Gasteiger partial charge in [0.15, 0.2) is 17.5 Å². The Balaban J connectivity index is 2.36. The Morgan fingerprint density at radius 3 is 2.22 bits per heavy atom. The van der Waals surface area contributed by atoms with Crippen molar-refractivity contribution < 1.29 is 17.6 Å². The molecule has 92 valence electrons. The van der Waals surface area contributed by atoms with E-state index in [9.17, 15) is 17.6 Å². The topological polar surface area (TPSA) is 12.4 Å². The van der Waals surface area contributed by atoms with E-state index < -0.39 is 23.3 Å². The highest BCUT2D eigenvalue weighted by atomic mass is 19.2. The van der Waals surface area contributed by atoms with Gasteiger partial charge in [-0.2, -0.15) is 0 Å². The molecule has 2 rings (SSSR count). The molecule has 0 amide bonds. The molecule has 0 fully saturated rings. The molecule has 0 atom stereocenters. The second kappa shape index (κ2) is 5.00. The maximum absolute atomic E-state index is 13.3. The van der Waals surface area contributed by atoms with Crippen molar-refractivity contribution in [1.82, 2.24) is 0 Å². The molecule has 0 aliphatic rings. The molecule has 18 heavy (non-hydrogen) atoms. The summed E-state index contributed by atoms with van der Waals surface area (Å²) in [4.78, 5) is 3.68. The van der Waals surface area contributed by atoms with E-state index in [0.717, 1.165) is 18.3 Å². The number of hydrogen-bond acceptors (Lipinski definition) is 1. The van der Waals surface area contributed by atoms with Crippen LogP contribution in [0.3, 0.4) is 0 Å². The van der Waals surface area contributed by atoms with Gasteiger partial charge >= 0.3 is 0 Å². The van der Waals surface area contributed by atoms with Crippen LogP contribution >= 0.6 is 0 Å². The average molecular weight is 253 g/mol. The number of nitrogens with zero attached hydrogens (tertiary/aromatic N) is 1. The molecule has 0 saturated heterocycles. The molecule has 0 spiro atoms. The number of benzene rings is 2. The maximum atomic E-state index is 13.3. The smallest absolute Gasteiger partial charge is 0.195 e. The second-order valence-electron chi connectivity index (χ2n) is 3.47. The third-order valence-corrected chi connectivity index (χ3v) is 2.26. The first-order chi connectivity index (χ1) is 8.59. The lowest BCUT2D eigenvalue weighted by Crippen LogP contribution is -1.96. The quantitative estimate of drug-likeness (QED) is 0.436. The van der Waals surface area contributed by atoms with Gasteiger partial charge in [0.25, 0.3) is 0 Å². The predicted molar refractivity (Wildman–Crippen MR) is 60.0 cm³/mol. The monoisotopic (exact) mass is 253 g/mol. The molecule has 1 nitrogen and oxygen atoms in total. The third kappa shape index (κ3) is 2.40. The van der Waals surface area contributed by atoms with E-state index in [4.69, 9.17) is 0 Å². The van der Waals surface area contributed by atoms with E-state index >= 15 is 0 Å². The molecule has 2 aromatic rings. The van der Waals surface area contributed by atoms with Crippen LogP contribution in [0.15, 0.2) is 41.4 Å². The Hall–Kier alpha value is -2.17. The lowest BCUT2D eigenvalue weighted by Gasteiger charge is -1.99. The van der Waals surface area contributed by atoms with Crippen molar-refractivity contribution in [2.75, 3.05) is 0 Å². The average Bonchev–Trinajstić information content (AvgIpc) is 2.37. The van der Waals surface area contributed by atoms with E-state index in [-0.39, 0.29) is 11.3 Å². The van der Waals surface area contributed by atoms with Crippen molar-refractivity contribution in [1.29, 1.82) is 0 Å². The zero-order valence-corrected chi connectivity index (χ0v) is 9.00. The Labute approximate surface area is 100 Å². The van der Waals surface area contributed by atoms with Crippen LogP contribution in [-0.4, -0.2) is 6.21 Å². The molecule has 0 radical (unpaired) electrons. The SMILES string of the molecule is Fc1ccccc1/N=C/c1ccc(F)c(F)c1F. The van der Waals surface area contributed by atoms with Gasteiger partial charge in [-0.15, -0.1) is 0 Å². The summed E-state index contributed by atoms with van der Waals surface area (Å²) in [6.45, 7) is 0. The highest BCUT2D eigenvalue weighted by Crippen LogP contribution is 2.18. The predicted octanol–water partition coefficient (Wildman–Crippen LogP) is 3.99. The van der Waals surface area contributed by atoms with Gasteiger partial charge in [-0.05, 0) is 24.3 Å². The van der Waals surface area contributed by atoms with Crippen molar-refractivity contribution in [2.24, 2.45) is 4.99 Å². The maximum Gasteiger partial charge on any atom is 0.195 e. The van der Waals surface area contributed by atoms with Crippen molar-refractivity contribution >= 4 is 11.9 Å². The van der Waals surface area contributed by atoms with Crippen LogP contribution in [0.25, 0.3) is 0 Å². The van der Waals surface area contributed by atoms with Crippen molar-refractivity contribution in [3.8, 4) is 0 Å². The summed E-state index contributed by atoms with van der Waals surface area (Å²) in [6, 6.07) is 7.40. The van der Waals surface area contributed by atoms with Gasteiger partial charge in [-0.1, -0.05) is 12.1 Å². The minimum absolute atomic E-state index is 0.0124. The number of halogens is 4. The van der Waals surface area contributed by atoms with Gasteiger partial charge < -0.3 is 0 Å². The van der Waals surface area contributed by atoms with E-state index in [1.54, 1.807) is 6.07 Å². The Morgan fingerprint density at radius 1 is 0.778 bits per heavy atom. The summed E-state index contributed by atoms with van der Waals surface area (Å²) in [6.07, 6.45) is 0.941. The third-order valence-electron chi connectivity index (χ3n) is 2.26. The fourth-order valence-electron chi connectivity index (χ4n) is 1.34. The van der Waals surface area contributed by atoms with Crippen LogP contribution < -0.4 is 0 Å². The highest BCUT2D eigenvalue weighted by Gasteiger charge is 2.11. The molecule has 0 aromatic heterocycles. The fourth-order valence-corrected chi connectivity index (χ4v) is 1.34. The normalized spacial score (nSPS) is 11.1. The molecule has 0 saturated carbocycles. The Bertz CT molecular complexity index is 608.